The third-order valence-electron chi connectivity index (χ3n) is 7.21. The van der Waals surface area contributed by atoms with Gasteiger partial charge in [-0.05, 0) is 74.2 Å². The van der Waals surface area contributed by atoms with Crippen molar-refractivity contribution < 1.29 is 19.8 Å². The largest absolute Gasteiger partial charge is 0.473 e. The van der Waals surface area contributed by atoms with Gasteiger partial charge in [-0.15, -0.1) is 23.5 Å². The fraction of sp³-hybridized carbons (Fsp3) is 0.500. The molecule has 2 heterocycles. The van der Waals surface area contributed by atoms with E-state index in [0.717, 1.165) is 11.2 Å². The Hall–Kier alpha value is -1.96. The van der Waals surface area contributed by atoms with Gasteiger partial charge in [0.2, 0.25) is 0 Å². The molecule has 2 atom stereocenters. The van der Waals surface area contributed by atoms with Gasteiger partial charge >= 0.3 is 11.9 Å². The summed E-state index contributed by atoms with van der Waals surface area (Å²) in [5.41, 5.74) is 4.78. The van der Waals surface area contributed by atoms with Gasteiger partial charge in [-0.25, -0.2) is 9.59 Å². The summed E-state index contributed by atoms with van der Waals surface area (Å²) in [7, 11) is 0. The van der Waals surface area contributed by atoms with E-state index in [0.29, 0.717) is 4.08 Å². The molecule has 0 radical (unpaired) electrons. The molecule has 5 rings (SSSR count). The molecule has 2 aromatic carbocycles. The molecule has 7 heteroatoms. The fourth-order valence-corrected chi connectivity index (χ4v) is 9.43. The number of thioether (sulfide) groups is 2. The van der Waals surface area contributed by atoms with Gasteiger partial charge in [0.25, 0.3) is 0 Å². The molecule has 2 aromatic rings. The molecule has 35 heavy (non-hydrogen) atoms. The summed E-state index contributed by atoms with van der Waals surface area (Å²) >= 11 is 4.57. The molecule has 5 nitrogen and oxygen atoms in total. The lowest BCUT2D eigenvalue weighted by molar-refractivity contribution is -0.159. The standard InChI is InChI=1S/C26H33NS2.C2H2O4/c1-2-8-21(9-3-1)18-22-13-16-27(17-14-22)19-24-20-28-26(29-24)15-7-6-11-23-10-4-5-12-25(23)26;3-1(4)2(5)6/h1-5,8-10,12,22,24H,6-7,11,13-20H2;(H,3,4)(H,5,6)/t24-,26+;/m1./s1. The zero-order valence-electron chi connectivity index (χ0n) is 20.1. The van der Waals surface area contributed by atoms with E-state index in [4.69, 9.17) is 19.8 Å². The Kier molecular flexibility index (Phi) is 9.20. The van der Waals surface area contributed by atoms with Crippen molar-refractivity contribution in [3.8, 4) is 0 Å². The van der Waals surface area contributed by atoms with E-state index in [1.165, 1.54) is 75.9 Å². The maximum absolute atomic E-state index is 9.10. The first-order valence-corrected chi connectivity index (χ1v) is 14.4. The number of likely N-dealkylation sites (tertiary alicyclic amines) is 1. The van der Waals surface area contributed by atoms with Crippen LogP contribution in [-0.2, 0) is 26.5 Å². The predicted molar refractivity (Wildman–Crippen MR) is 144 cm³/mol. The number of carboxylic acids is 2. The molecular weight excluding hydrogens is 478 g/mol. The zero-order chi connectivity index (χ0) is 24.7. The van der Waals surface area contributed by atoms with Gasteiger partial charge in [0.05, 0.1) is 4.08 Å². The number of aryl methyl sites for hydroxylation is 1. The van der Waals surface area contributed by atoms with Crippen LogP contribution in [0.1, 0.15) is 48.8 Å². The van der Waals surface area contributed by atoms with Crippen molar-refractivity contribution in [1.82, 2.24) is 4.90 Å². The molecule has 0 bridgehead atoms. The molecule has 1 aliphatic carbocycles. The third kappa shape index (κ3) is 7.05. The number of rotatable bonds is 4. The number of carboxylic acid groups (broad SMARTS) is 2. The van der Waals surface area contributed by atoms with E-state index in [1.807, 2.05) is 0 Å². The number of fused-ring (bicyclic) bond motifs is 2. The first kappa shape index (κ1) is 26.1. The summed E-state index contributed by atoms with van der Waals surface area (Å²) < 4.78 is 0.337. The van der Waals surface area contributed by atoms with Crippen LogP contribution in [0, 0.1) is 5.92 Å². The van der Waals surface area contributed by atoms with Crippen molar-refractivity contribution >= 4 is 35.5 Å². The van der Waals surface area contributed by atoms with Gasteiger partial charge in [-0.1, -0.05) is 61.0 Å². The van der Waals surface area contributed by atoms with Crippen LogP contribution in [0.4, 0.5) is 0 Å². The molecule has 2 saturated heterocycles. The average molecular weight is 514 g/mol. The Labute approximate surface area is 216 Å². The molecule has 0 saturated carbocycles. The van der Waals surface area contributed by atoms with Crippen molar-refractivity contribution in [2.24, 2.45) is 5.92 Å². The lowest BCUT2D eigenvalue weighted by atomic mass is 9.90. The van der Waals surface area contributed by atoms with Crippen LogP contribution in [0.2, 0.25) is 0 Å². The second-order valence-corrected chi connectivity index (χ2v) is 12.9. The summed E-state index contributed by atoms with van der Waals surface area (Å²) in [6.45, 7) is 3.88. The molecule has 0 aromatic heterocycles. The molecule has 2 fully saturated rings. The van der Waals surface area contributed by atoms with E-state index in [1.54, 1.807) is 11.1 Å². The first-order valence-electron chi connectivity index (χ1n) is 12.6. The summed E-state index contributed by atoms with van der Waals surface area (Å²) in [6, 6.07) is 20.4. The van der Waals surface area contributed by atoms with Gasteiger partial charge < -0.3 is 15.1 Å². The Morgan fingerprint density at radius 2 is 1.63 bits per heavy atom. The SMILES string of the molecule is O=C(O)C(=O)O.c1ccc(CC2CCN(C[C@@H]3CS[C@@]4(CCCCc5ccccc54)S3)CC2)cc1. The predicted octanol–water partition coefficient (Wildman–Crippen LogP) is 5.52. The summed E-state index contributed by atoms with van der Waals surface area (Å²) in [4.78, 5) is 21.0. The molecular formula is C28H35NO4S2. The van der Waals surface area contributed by atoms with Crippen LogP contribution >= 0.6 is 23.5 Å². The van der Waals surface area contributed by atoms with E-state index >= 15 is 0 Å². The Morgan fingerprint density at radius 1 is 0.943 bits per heavy atom. The van der Waals surface area contributed by atoms with Gasteiger partial charge in [0.1, 0.15) is 0 Å². The third-order valence-corrected chi connectivity index (χ3v) is 11.0. The molecule has 2 aliphatic heterocycles. The van der Waals surface area contributed by atoms with E-state index in [-0.39, 0.29) is 0 Å². The van der Waals surface area contributed by atoms with Crippen LogP contribution in [0.5, 0.6) is 0 Å². The molecule has 1 spiro atoms. The van der Waals surface area contributed by atoms with Crippen molar-refractivity contribution in [3.05, 3.63) is 71.3 Å². The Balaban J connectivity index is 0.000000431. The van der Waals surface area contributed by atoms with Crippen molar-refractivity contribution in [2.45, 2.75) is 54.3 Å². The number of piperidine rings is 1. The van der Waals surface area contributed by atoms with Crippen molar-refractivity contribution in [2.75, 3.05) is 25.4 Å². The molecule has 0 unspecified atom stereocenters. The van der Waals surface area contributed by atoms with Gasteiger partial charge in [-0.3, -0.25) is 0 Å². The van der Waals surface area contributed by atoms with E-state index in [9.17, 15) is 0 Å². The number of carbonyl (C=O) groups is 2. The van der Waals surface area contributed by atoms with Gasteiger partial charge in [0, 0.05) is 17.5 Å². The smallest absolute Gasteiger partial charge is 0.414 e. The van der Waals surface area contributed by atoms with Crippen LogP contribution in [0.15, 0.2) is 54.6 Å². The quantitative estimate of drug-likeness (QED) is 0.521. The minimum atomic E-state index is -1.82. The Morgan fingerprint density at radius 3 is 2.34 bits per heavy atom. The topological polar surface area (TPSA) is 77.8 Å². The number of hydrogen-bond donors (Lipinski definition) is 2. The fourth-order valence-electron chi connectivity index (χ4n) is 5.45. The molecule has 188 valence electrons. The average Bonchev–Trinajstić information content (AvgIpc) is 3.18. The minimum absolute atomic E-state index is 0.337. The number of benzene rings is 2. The molecule has 2 N–H and O–H groups in total. The van der Waals surface area contributed by atoms with Gasteiger partial charge in [-0.2, -0.15) is 0 Å². The van der Waals surface area contributed by atoms with Gasteiger partial charge in [0.15, 0.2) is 0 Å². The summed E-state index contributed by atoms with van der Waals surface area (Å²) in [5, 5.41) is 15.6. The maximum atomic E-state index is 9.10. The lowest BCUT2D eigenvalue weighted by Crippen LogP contribution is -2.38. The van der Waals surface area contributed by atoms with Crippen LogP contribution in [0.3, 0.4) is 0 Å². The second-order valence-electron chi connectivity index (χ2n) is 9.71. The van der Waals surface area contributed by atoms with Crippen molar-refractivity contribution in [1.29, 1.82) is 0 Å². The van der Waals surface area contributed by atoms with E-state index < -0.39 is 11.9 Å². The number of aliphatic carboxylic acids is 2. The molecule has 0 amide bonds. The van der Waals surface area contributed by atoms with Crippen LogP contribution in [0.25, 0.3) is 0 Å². The second kappa shape index (κ2) is 12.3. The normalized spacial score (nSPS) is 24.7. The zero-order valence-corrected chi connectivity index (χ0v) is 21.7. The monoisotopic (exact) mass is 513 g/mol. The Bertz CT molecular complexity index is 981. The highest BCUT2D eigenvalue weighted by atomic mass is 32.2. The highest BCUT2D eigenvalue weighted by Gasteiger charge is 2.44. The van der Waals surface area contributed by atoms with E-state index in [2.05, 4.69) is 83.0 Å². The van der Waals surface area contributed by atoms with Crippen LogP contribution in [-0.4, -0.2) is 57.7 Å². The molecule has 3 aliphatic rings. The number of nitrogens with zero attached hydrogens (tertiary/aromatic N) is 1. The van der Waals surface area contributed by atoms with Crippen LogP contribution < -0.4 is 0 Å². The highest BCUT2D eigenvalue weighted by Crippen LogP contribution is 2.59. The minimum Gasteiger partial charge on any atom is -0.473 e. The summed E-state index contributed by atoms with van der Waals surface area (Å²) in [5.74, 6) is -1.45. The summed E-state index contributed by atoms with van der Waals surface area (Å²) in [6.07, 6.45) is 9.38. The lowest BCUT2D eigenvalue weighted by Gasteiger charge is -2.34. The highest BCUT2D eigenvalue weighted by molar-refractivity contribution is 8.21. The maximum Gasteiger partial charge on any atom is 0.414 e. The number of hydrogen-bond acceptors (Lipinski definition) is 5. The van der Waals surface area contributed by atoms with Crippen molar-refractivity contribution in [3.63, 3.8) is 0 Å². The first-order chi connectivity index (χ1) is 16.9.